The van der Waals surface area contributed by atoms with Gasteiger partial charge in [-0.1, -0.05) is 73.6 Å². The normalized spacial score (nSPS) is 34.9. The Morgan fingerprint density at radius 3 is 2.44 bits per heavy atom. The molecule has 2 aliphatic carbocycles. The first kappa shape index (κ1) is 29.2. The second-order valence-electron chi connectivity index (χ2n) is 14.0. The quantitative estimate of drug-likeness (QED) is 0.379. The van der Waals surface area contributed by atoms with Crippen molar-refractivity contribution >= 4 is 22.2 Å². The zero-order valence-electron chi connectivity index (χ0n) is 24.0. The Morgan fingerprint density at radius 1 is 1.19 bits per heavy atom. The van der Waals surface area contributed by atoms with Crippen LogP contribution in [0, 0.1) is 40.9 Å². The van der Waals surface area contributed by atoms with E-state index in [1.165, 1.54) is 5.57 Å². The Hall–Kier alpha value is -1.40. The standard InChI is InChI=1S/C30H50O5Si/c1-17-13-20-10-9-18(2)23(12-11-22-15-21(31)16-25(32)34-22)26(20)24(14-17)35-28(33)19(3)27(29(4,5)6)30(7,8)36/h9-10,13,17-19,21-24,26-27,31H,11-12,14-16H2,1-8,36H3/t17-,18-,19-,21-,22?,23-,24+,26-,27?/m1/s1. The lowest BCUT2D eigenvalue weighted by molar-refractivity contribution is -0.164. The number of rotatable bonds is 7. The fraction of sp³-hybridized carbons (Fsp3) is 0.800. The molecular weight excluding hydrogens is 468 g/mol. The summed E-state index contributed by atoms with van der Waals surface area (Å²) in [5.74, 6) is 0.846. The molecule has 9 atom stereocenters. The number of hydrogen-bond donors (Lipinski definition) is 1. The van der Waals surface area contributed by atoms with Crippen LogP contribution in [-0.2, 0) is 19.1 Å². The summed E-state index contributed by atoms with van der Waals surface area (Å²) < 4.78 is 12.0. The van der Waals surface area contributed by atoms with Gasteiger partial charge in [-0.25, -0.2) is 0 Å². The number of esters is 2. The van der Waals surface area contributed by atoms with Gasteiger partial charge in [-0.05, 0) is 59.0 Å². The molecule has 0 spiro atoms. The van der Waals surface area contributed by atoms with E-state index in [4.69, 9.17) is 9.47 Å². The van der Waals surface area contributed by atoms with Crippen LogP contribution in [0.15, 0.2) is 23.8 Å². The summed E-state index contributed by atoms with van der Waals surface area (Å²) in [7, 11) is 1.01. The molecule has 1 aliphatic heterocycles. The highest BCUT2D eigenvalue weighted by atomic mass is 28.1. The highest BCUT2D eigenvalue weighted by molar-refractivity contribution is 6.15. The van der Waals surface area contributed by atoms with E-state index < -0.39 is 6.10 Å². The van der Waals surface area contributed by atoms with Gasteiger partial charge in [0.15, 0.2) is 0 Å². The van der Waals surface area contributed by atoms with Crippen molar-refractivity contribution in [3.8, 4) is 0 Å². The highest BCUT2D eigenvalue weighted by Gasteiger charge is 2.45. The molecule has 0 aromatic carbocycles. The van der Waals surface area contributed by atoms with Gasteiger partial charge >= 0.3 is 11.9 Å². The van der Waals surface area contributed by atoms with Gasteiger partial charge in [0.2, 0.25) is 0 Å². The third-order valence-electron chi connectivity index (χ3n) is 8.66. The molecule has 0 radical (unpaired) electrons. The average molecular weight is 519 g/mol. The van der Waals surface area contributed by atoms with E-state index in [1.807, 2.05) is 0 Å². The Labute approximate surface area is 221 Å². The third-order valence-corrected chi connectivity index (χ3v) is 9.28. The van der Waals surface area contributed by atoms with Crippen LogP contribution in [0.3, 0.4) is 0 Å². The molecule has 0 amide bonds. The molecule has 1 N–H and O–H groups in total. The molecule has 0 saturated carbocycles. The van der Waals surface area contributed by atoms with Crippen LogP contribution in [-0.4, -0.2) is 45.6 Å². The van der Waals surface area contributed by atoms with E-state index in [2.05, 4.69) is 73.6 Å². The minimum atomic E-state index is -0.609. The molecule has 5 nitrogen and oxygen atoms in total. The Bertz CT molecular complexity index is 850. The van der Waals surface area contributed by atoms with Crippen molar-refractivity contribution in [1.82, 2.24) is 0 Å². The first-order valence-electron chi connectivity index (χ1n) is 14.1. The number of ether oxygens (including phenoxy) is 2. The van der Waals surface area contributed by atoms with Gasteiger partial charge in [-0.15, -0.1) is 0 Å². The second kappa shape index (κ2) is 11.1. The zero-order chi connectivity index (χ0) is 27.0. The number of aliphatic hydroxyl groups is 1. The van der Waals surface area contributed by atoms with Crippen LogP contribution in [0.5, 0.6) is 0 Å². The maximum Gasteiger partial charge on any atom is 0.309 e. The van der Waals surface area contributed by atoms with Crippen molar-refractivity contribution in [2.45, 2.75) is 111 Å². The maximum atomic E-state index is 13.7. The number of fused-ring (bicyclic) bond motifs is 1. The molecular formula is C30H50O5Si. The molecule has 6 heteroatoms. The fourth-order valence-electron chi connectivity index (χ4n) is 7.83. The second-order valence-corrected chi connectivity index (χ2v) is 16.6. The Morgan fingerprint density at radius 2 is 1.86 bits per heavy atom. The van der Waals surface area contributed by atoms with Crippen molar-refractivity contribution < 1.29 is 24.2 Å². The van der Waals surface area contributed by atoms with Gasteiger partial charge in [-0.3, -0.25) is 9.59 Å². The van der Waals surface area contributed by atoms with Crippen LogP contribution < -0.4 is 0 Å². The molecule has 204 valence electrons. The SMILES string of the molecule is C[C@@H]1C=C2C=C[C@@H](C)[C@@H](CCC3C[C@@H](O)CC(=O)O3)[C@@H]2[C@@H](OC(=O)[C@H](C)C(C(C)(C)C)C(C)(C)[SiH3])C1. The summed E-state index contributed by atoms with van der Waals surface area (Å²) in [4.78, 5) is 25.5. The van der Waals surface area contributed by atoms with E-state index in [0.717, 1.165) is 29.5 Å². The molecule has 1 fully saturated rings. The molecule has 0 bridgehead atoms. The van der Waals surface area contributed by atoms with Crippen molar-refractivity contribution in [2.75, 3.05) is 0 Å². The van der Waals surface area contributed by atoms with Crippen LogP contribution in [0.25, 0.3) is 0 Å². The molecule has 1 saturated heterocycles. The van der Waals surface area contributed by atoms with Crippen molar-refractivity contribution in [3.63, 3.8) is 0 Å². The Kier molecular flexibility index (Phi) is 9.03. The maximum absolute atomic E-state index is 13.7. The number of cyclic esters (lactones) is 1. The molecule has 1 heterocycles. The van der Waals surface area contributed by atoms with E-state index in [9.17, 15) is 14.7 Å². The molecule has 3 rings (SSSR count). The van der Waals surface area contributed by atoms with E-state index in [0.29, 0.717) is 24.2 Å². The topological polar surface area (TPSA) is 72.8 Å². The number of carbonyl (C=O) groups is 2. The number of allylic oxidation sites excluding steroid dienone is 3. The summed E-state index contributed by atoms with van der Waals surface area (Å²) in [5.41, 5.74) is 1.29. The third kappa shape index (κ3) is 6.92. The number of aliphatic hydroxyl groups excluding tert-OH is 1. The van der Waals surface area contributed by atoms with Crippen molar-refractivity contribution in [1.29, 1.82) is 0 Å². The summed E-state index contributed by atoms with van der Waals surface area (Å²) in [6, 6.07) is 0. The van der Waals surface area contributed by atoms with E-state index in [1.54, 1.807) is 0 Å². The van der Waals surface area contributed by atoms with Gasteiger partial charge in [0.25, 0.3) is 0 Å². The van der Waals surface area contributed by atoms with E-state index in [-0.39, 0.29) is 58.8 Å². The number of hydrogen-bond acceptors (Lipinski definition) is 5. The first-order valence-corrected chi connectivity index (χ1v) is 15.1. The lowest BCUT2D eigenvalue weighted by Gasteiger charge is -2.46. The highest BCUT2D eigenvalue weighted by Crippen LogP contribution is 2.49. The van der Waals surface area contributed by atoms with Crippen molar-refractivity contribution in [3.05, 3.63) is 23.8 Å². The molecule has 36 heavy (non-hydrogen) atoms. The summed E-state index contributed by atoms with van der Waals surface area (Å²) in [6.45, 7) is 17.8. The predicted octanol–water partition coefficient (Wildman–Crippen LogP) is 5.01. The minimum Gasteiger partial charge on any atom is -0.462 e. The monoisotopic (exact) mass is 518 g/mol. The summed E-state index contributed by atoms with van der Waals surface area (Å²) >= 11 is 0. The van der Waals surface area contributed by atoms with Gasteiger partial charge in [-0.2, -0.15) is 0 Å². The molecule has 3 aliphatic rings. The molecule has 0 aromatic heterocycles. The van der Waals surface area contributed by atoms with Crippen LogP contribution in [0.4, 0.5) is 0 Å². The van der Waals surface area contributed by atoms with Gasteiger partial charge in [0.05, 0.1) is 18.4 Å². The van der Waals surface area contributed by atoms with Crippen LogP contribution >= 0.6 is 0 Å². The molecule has 0 aromatic rings. The fourth-order valence-corrected chi connectivity index (χ4v) is 9.20. The van der Waals surface area contributed by atoms with Gasteiger partial charge in [0, 0.05) is 22.6 Å². The molecule has 2 unspecified atom stereocenters. The van der Waals surface area contributed by atoms with Gasteiger partial charge < -0.3 is 14.6 Å². The lowest BCUT2D eigenvalue weighted by atomic mass is 9.65. The minimum absolute atomic E-state index is 0.0151. The smallest absolute Gasteiger partial charge is 0.309 e. The van der Waals surface area contributed by atoms with Crippen LogP contribution in [0.1, 0.15) is 87.5 Å². The summed E-state index contributed by atoms with van der Waals surface area (Å²) in [5, 5.41) is 10.2. The average Bonchev–Trinajstić information content (AvgIpc) is 2.70. The van der Waals surface area contributed by atoms with Gasteiger partial charge in [0.1, 0.15) is 12.2 Å². The largest absolute Gasteiger partial charge is 0.462 e. The van der Waals surface area contributed by atoms with E-state index >= 15 is 0 Å². The van der Waals surface area contributed by atoms with Crippen molar-refractivity contribution in [2.24, 2.45) is 40.9 Å². The lowest BCUT2D eigenvalue weighted by Crippen LogP contribution is -2.44. The first-order chi connectivity index (χ1) is 16.6. The zero-order valence-corrected chi connectivity index (χ0v) is 26.0. The van der Waals surface area contributed by atoms with Crippen LogP contribution in [0.2, 0.25) is 5.04 Å². The summed E-state index contributed by atoms with van der Waals surface area (Å²) in [6.07, 6.45) is 8.89. The predicted molar refractivity (Wildman–Crippen MR) is 147 cm³/mol. The Balaban J connectivity index is 1.79. The number of carbonyl (C=O) groups excluding carboxylic acids is 2.